The van der Waals surface area contributed by atoms with Gasteiger partial charge in [-0.3, -0.25) is 4.79 Å². The van der Waals surface area contributed by atoms with E-state index < -0.39 is 0 Å². The van der Waals surface area contributed by atoms with E-state index in [2.05, 4.69) is 10.6 Å². The van der Waals surface area contributed by atoms with Gasteiger partial charge in [0.2, 0.25) is 5.91 Å². The summed E-state index contributed by atoms with van der Waals surface area (Å²) >= 11 is 5.94. The van der Waals surface area contributed by atoms with Crippen LogP contribution in [0.1, 0.15) is 37.3 Å². The fourth-order valence-electron chi connectivity index (χ4n) is 2.92. The van der Waals surface area contributed by atoms with Crippen LogP contribution < -0.4 is 10.6 Å². The van der Waals surface area contributed by atoms with Crippen molar-refractivity contribution in [2.24, 2.45) is 11.8 Å². The number of rotatable bonds is 4. The summed E-state index contributed by atoms with van der Waals surface area (Å²) < 4.78 is 0. The Morgan fingerprint density at radius 3 is 2.60 bits per heavy atom. The van der Waals surface area contributed by atoms with Crippen LogP contribution >= 0.6 is 11.6 Å². The molecule has 1 aliphatic carbocycles. The van der Waals surface area contributed by atoms with Gasteiger partial charge in [0.15, 0.2) is 0 Å². The Morgan fingerprint density at radius 1 is 1.25 bits per heavy atom. The Balaban J connectivity index is 1.68. The molecule has 108 valence electrons. The molecule has 0 spiro atoms. The number of hydrogen-bond acceptors (Lipinski definition) is 2. The molecule has 2 aliphatic rings. The van der Waals surface area contributed by atoms with Crippen molar-refractivity contribution in [1.82, 2.24) is 10.6 Å². The topological polar surface area (TPSA) is 41.1 Å². The van der Waals surface area contributed by atoms with Gasteiger partial charge in [-0.15, -0.1) is 0 Å². The number of carbonyl (C=O) groups excluding carboxylic acids is 1. The van der Waals surface area contributed by atoms with Gasteiger partial charge in [-0.05, 0) is 55.8 Å². The summed E-state index contributed by atoms with van der Waals surface area (Å²) in [7, 11) is 0. The van der Waals surface area contributed by atoms with E-state index in [1.54, 1.807) is 0 Å². The molecule has 2 unspecified atom stereocenters. The summed E-state index contributed by atoms with van der Waals surface area (Å²) in [6, 6.07) is 8.03. The number of amides is 1. The van der Waals surface area contributed by atoms with Gasteiger partial charge in [-0.2, -0.15) is 0 Å². The van der Waals surface area contributed by atoms with Gasteiger partial charge in [0.05, 0.1) is 12.0 Å². The summed E-state index contributed by atoms with van der Waals surface area (Å²) in [5, 5.41) is 7.31. The van der Waals surface area contributed by atoms with E-state index in [4.69, 9.17) is 11.6 Å². The zero-order valence-corrected chi connectivity index (χ0v) is 12.3. The largest absolute Gasteiger partial charge is 0.349 e. The Morgan fingerprint density at radius 2 is 2.00 bits per heavy atom. The smallest absolute Gasteiger partial charge is 0.224 e. The average Bonchev–Trinajstić information content (AvgIpc) is 3.31. The van der Waals surface area contributed by atoms with Crippen molar-refractivity contribution in [1.29, 1.82) is 0 Å². The summed E-state index contributed by atoms with van der Waals surface area (Å²) in [6.07, 6.45) is 4.50. The molecule has 0 bridgehead atoms. The van der Waals surface area contributed by atoms with Gasteiger partial charge in [-0.1, -0.05) is 23.7 Å². The fraction of sp³-hybridized carbons (Fsp3) is 0.562. The average molecular weight is 293 g/mol. The maximum absolute atomic E-state index is 12.4. The second-order valence-corrected chi connectivity index (χ2v) is 6.35. The van der Waals surface area contributed by atoms with Crippen LogP contribution in [-0.4, -0.2) is 19.0 Å². The van der Waals surface area contributed by atoms with E-state index in [1.165, 1.54) is 18.4 Å². The molecule has 3 rings (SSSR count). The predicted molar refractivity (Wildman–Crippen MR) is 80.7 cm³/mol. The van der Waals surface area contributed by atoms with Crippen LogP contribution in [0.3, 0.4) is 0 Å². The van der Waals surface area contributed by atoms with Crippen molar-refractivity contribution in [3.8, 4) is 0 Å². The first-order chi connectivity index (χ1) is 9.74. The summed E-state index contributed by atoms with van der Waals surface area (Å²) in [6.45, 7) is 1.84. The van der Waals surface area contributed by atoms with E-state index in [0.29, 0.717) is 5.92 Å². The van der Waals surface area contributed by atoms with E-state index in [9.17, 15) is 4.79 Å². The molecule has 0 radical (unpaired) electrons. The standard InChI is InChI=1S/C16H21ClN2O/c17-14-7-5-12(6-8-14)15(11-3-4-11)19-16(20)13-2-1-9-18-10-13/h5-8,11,13,15,18H,1-4,9-10H2,(H,19,20). The Labute approximate surface area is 125 Å². The molecule has 1 saturated carbocycles. The van der Waals surface area contributed by atoms with Gasteiger partial charge in [0.1, 0.15) is 0 Å². The highest BCUT2D eigenvalue weighted by molar-refractivity contribution is 6.30. The van der Waals surface area contributed by atoms with Crippen molar-refractivity contribution in [3.05, 3.63) is 34.9 Å². The van der Waals surface area contributed by atoms with Crippen molar-refractivity contribution in [2.45, 2.75) is 31.7 Å². The minimum atomic E-state index is 0.123. The van der Waals surface area contributed by atoms with Crippen molar-refractivity contribution >= 4 is 17.5 Å². The SMILES string of the molecule is O=C(NC(c1ccc(Cl)cc1)C1CC1)C1CCCNC1. The lowest BCUT2D eigenvalue weighted by atomic mass is 9.96. The van der Waals surface area contributed by atoms with E-state index >= 15 is 0 Å². The minimum Gasteiger partial charge on any atom is -0.349 e. The lowest BCUT2D eigenvalue weighted by molar-refractivity contribution is -0.126. The molecule has 1 saturated heterocycles. The first kappa shape index (κ1) is 13.9. The third-order valence-corrected chi connectivity index (χ3v) is 4.54. The zero-order chi connectivity index (χ0) is 13.9. The molecule has 1 heterocycles. The number of hydrogen-bond donors (Lipinski definition) is 2. The third-order valence-electron chi connectivity index (χ3n) is 4.29. The van der Waals surface area contributed by atoms with Gasteiger partial charge in [0, 0.05) is 11.6 Å². The highest BCUT2D eigenvalue weighted by Gasteiger charge is 2.34. The van der Waals surface area contributed by atoms with Gasteiger partial charge in [-0.25, -0.2) is 0 Å². The molecule has 4 heteroatoms. The Bertz CT molecular complexity index is 464. The van der Waals surface area contributed by atoms with Crippen LogP contribution in [0, 0.1) is 11.8 Å². The molecule has 0 aromatic heterocycles. The highest BCUT2D eigenvalue weighted by atomic mass is 35.5. The molecular weight excluding hydrogens is 272 g/mol. The summed E-state index contributed by atoms with van der Waals surface area (Å²) in [4.78, 5) is 12.4. The molecule has 2 N–H and O–H groups in total. The first-order valence-electron chi connectivity index (χ1n) is 7.50. The number of halogens is 1. The number of benzene rings is 1. The second-order valence-electron chi connectivity index (χ2n) is 5.92. The zero-order valence-electron chi connectivity index (χ0n) is 11.6. The van der Waals surface area contributed by atoms with Crippen LogP contribution in [0.2, 0.25) is 5.02 Å². The molecule has 1 aliphatic heterocycles. The second kappa shape index (κ2) is 6.15. The minimum absolute atomic E-state index is 0.123. The van der Waals surface area contributed by atoms with Crippen molar-refractivity contribution in [2.75, 3.05) is 13.1 Å². The maximum Gasteiger partial charge on any atom is 0.224 e. The quantitative estimate of drug-likeness (QED) is 0.896. The summed E-state index contributed by atoms with van der Waals surface area (Å²) in [5.41, 5.74) is 1.18. The number of piperidine rings is 1. The lowest BCUT2D eigenvalue weighted by Gasteiger charge is -2.26. The van der Waals surface area contributed by atoms with Crippen molar-refractivity contribution < 1.29 is 4.79 Å². The maximum atomic E-state index is 12.4. The Kier molecular flexibility index (Phi) is 4.27. The molecule has 2 fully saturated rings. The summed E-state index contributed by atoms with van der Waals surface area (Å²) in [5.74, 6) is 0.915. The van der Waals surface area contributed by atoms with Crippen LogP contribution in [0.4, 0.5) is 0 Å². The predicted octanol–water partition coefficient (Wildman–Crippen LogP) is 2.91. The number of carbonyl (C=O) groups is 1. The van der Waals surface area contributed by atoms with Gasteiger partial charge in [0.25, 0.3) is 0 Å². The normalized spacial score (nSPS) is 24.1. The third kappa shape index (κ3) is 3.33. The molecule has 3 nitrogen and oxygen atoms in total. The van der Waals surface area contributed by atoms with Crippen LogP contribution in [-0.2, 0) is 4.79 Å². The molecule has 1 aromatic rings. The van der Waals surface area contributed by atoms with Crippen LogP contribution in [0.25, 0.3) is 0 Å². The molecule has 1 amide bonds. The first-order valence-corrected chi connectivity index (χ1v) is 7.88. The van der Waals surface area contributed by atoms with Gasteiger partial charge >= 0.3 is 0 Å². The monoisotopic (exact) mass is 292 g/mol. The van der Waals surface area contributed by atoms with E-state index in [1.807, 2.05) is 24.3 Å². The lowest BCUT2D eigenvalue weighted by Crippen LogP contribution is -2.42. The molecule has 1 aromatic carbocycles. The fourth-order valence-corrected chi connectivity index (χ4v) is 3.05. The van der Waals surface area contributed by atoms with Crippen LogP contribution in [0.15, 0.2) is 24.3 Å². The molecular formula is C16H21ClN2O. The Hall–Kier alpha value is -1.06. The van der Waals surface area contributed by atoms with E-state index in [0.717, 1.165) is 31.0 Å². The number of nitrogens with one attached hydrogen (secondary N) is 2. The highest BCUT2D eigenvalue weighted by Crippen LogP contribution is 2.41. The molecule has 20 heavy (non-hydrogen) atoms. The van der Waals surface area contributed by atoms with Crippen LogP contribution in [0.5, 0.6) is 0 Å². The van der Waals surface area contributed by atoms with Crippen molar-refractivity contribution in [3.63, 3.8) is 0 Å². The van der Waals surface area contributed by atoms with Gasteiger partial charge < -0.3 is 10.6 Å². The van der Waals surface area contributed by atoms with E-state index in [-0.39, 0.29) is 17.9 Å². The molecule has 2 atom stereocenters.